The number of alkyl carbamates (subject to hydrolysis) is 1. The molecule has 0 saturated carbocycles. The molecule has 1 amide bonds. The third-order valence-electron chi connectivity index (χ3n) is 5.74. The number of nitrogens with zero attached hydrogens (tertiary/aromatic N) is 1. The molecule has 0 spiro atoms. The van der Waals surface area contributed by atoms with Gasteiger partial charge in [-0.3, -0.25) is 0 Å². The molecule has 0 aliphatic carbocycles. The van der Waals surface area contributed by atoms with Crippen LogP contribution in [0.25, 0.3) is 10.8 Å². The minimum absolute atomic E-state index is 0.000183. The Balaban J connectivity index is 1.52. The Morgan fingerprint density at radius 1 is 1.18 bits per heavy atom. The predicted molar refractivity (Wildman–Crippen MR) is 137 cm³/mol. The SMILES string of the molecule is NC(N)=N[C@H]1C=C(C(=O)O)O[C@@H]([C@H](OC(=O)NCCCOC(=O)c2ccc3ccccc3c2O)[C@H](O)CO)C1. The zero-order valence-corrected chi connectivity index (χ0v) is 20.7. The summed E-state index contributed by atoms with van der Waals surface area (Å²) in [7, 11) is 0. The highest BCUT2D eigenvalue weighted by Crippen LogP contribution is 2.29. The van der Waals surface area contributed by atoms with Gasteiger partial charge in [-0.05, 0) is 23.9 Å². The van der Waals surface area contributed by atoms with Crippen LogP contribution < -0.4 is 16.8 Å². The van der Waals surface area contributed by atoms with E-state index in [9.17, 15) is 34.8 Å². The number of carboxylic acid groups (broad SMARTS) is 1. The molecule has 1 heterocycles. The lowest BCUT2D eigenvalue weighted by Gasteiger charge is -2.33. The number of esters is 1. The third-order valence-corrected chi connectivity index (χ3v) is 5.74. The number of hydrogen-bond acceptors (Lipinski definition) is 10. The first-order valence-electron chi connectivity index (χ1n) is 11.9. The van der Waals surface area contributed by atoms with Crippen LogP contribution in [0.1, 0.15) is 23.2 Å². The number of nitrogens with one attached hydrogen (secondary N) is 1. The molecule has 9 N–H and O–H groups in total. The van der Waals surface area contributed by atoms with E-state index in [1.807, 2.05) is 0 Å². The maximum Gasteiger partial charge on any atom is 0.407 e. The Kier molecular flexibility index (Phi) is 9.89. The van der Waals surface area contributed by atoms with Gasteiger partial charge in [0.05, 0.1) is 19.3 Å². The molecule has 0 aromatic heterocycles. The van der Waals surface area contributed by atoms with Gasteiger partial charge >= 0.3 is 18.0 Å². The van der Waals surface area contributed by atoms with Crippen molar-refractivity contribution in [3.63, 3.8) is 0 Å². The fourth-order valence-electron chi connectivity index (χ4n) is 3.93. The number of aliphatic carboxylic acids is 1. The van der Waals surface area contributed by atoms with E-state index in [0.29, 0.717) is 5.39 Å². The van der Waals surface area contributed by atoms with Crippen LogP contribution in [0.5, 0.6) is 5.75 Å². The minimum Gasteiger partial charge on any atom is -0.506 e. The van der Waals surface area contributed by atoms with Gasteiger partial charge in [0.2, 0.25) is 5.76 Å². The van der Waals surface area contributed by atoms with Crippen LogP contribution in [0.15, 0.2) is 53.2 Å². The Labute approximate surface area is 222 Å². The molecule has 0 fully saturated rings. The van der Waals surface area contributed by atoms with Crippen molar-refractivity contribution >= 4 is 34.8 Å². The van der Waals surface area contributed by atoms with Crippen LogP contribution in [-0.4, -0.2) is 88.5 Å². The standard InChI is InChI=1S/C25H30N4O10/c26-24(27)29-14-10-18(38-19(11-14)22(33)34)21(17(31)12-30)39-25(36)28-8-3-9-37-23(35)16-7-6-13-4-1-2-5-15(13)20(16)32/h1-2,4-7,11,14,17-18,21,30-32H,3,8-10,12H2,(H,28,36)(H,33,34)(H4,26,27,29)/t14-,17-,18-,21-/m1/s1. The summed E-state index contributed by atoms with van der Waals surface area (Å²) in [5, 5.41) is 43.0. The Morgan fingerprint density at radius 2 is 1.92 bits per heavy atom. The molecular formula is C25H30N4O10. The third kappa shape index (κ3) is 7.72. The van der Waals surface area contributed by atoms with Crippen LogP contribution >= 0.6 is 0 Å². The summed E-state index contributed by atoms with van der Waals surface area (Å²) in [5.74, 6) is -3.18. The highest BCUT2D eigenvalue weighted by atomic mass is 16.6. The second-order valence-corrected chi connectivity index (χ2v) is 8.57. The average Bonchev–Trinajstić information content (AvgIpc) is 2.90. The summed E-state index contributed by atoms with van der Waals surface area (Å²) in [6, 6.07) is 9.32. The molecule has 0 unspecified atom stereocenters. The van der Waals surface area contributed by atoms with Gasteiger partial charge in [-0.25, -0.2) is 19.4 Å². The summed E-state index contributed by atoms with van der Waals surface area (Å²) in [4.78, 5) is 40.1. The summed E-state index contributed by atoms with van der Waals surface area (Å²) < 4.78 is 15.7. The normalized spacial score (nSPS) is 18.2. The Morgan fingerprint density at radius 3 is 2.62 bits per heavy atom. The second-order valence-electron chi connectivity index (χ2n) is 8.57. The van der Waals surface area contributed by atoms with E-state index in [2.05, 4.69) is 10.3 Å². The topological polar surface area (TPSA) is 236 Å². The molecule has 0 radical (unpaired) electrons. The van der Waals surface area contributed by atoms with Crippen molar-refractivity contribution in [2.45, 2.75) is 37.2 Å². The highest BCUT2D eigenvalue weighted by Gasteiger charge is 2.39. The summed E-state index contributed by atoms with van der Waals surface area (Å²) >= 11 is 0. The molecule has 2 aromatic carbocycles. The molecule has 14 heteroatoms. The molecule has 4 atom stereocenters. The zero-order chi connectivity index (χ0) is 28.5. The van der Waals surface area contributed by atoms with Gasteiger partial charge in [-0.1, -0.05) is 30.3 Å². The van der Waals surface area contributed by atoms with E-state index in [0.717, 1.165) is 5.39 Å². The van der Waals surface area contributed by atoms with Crippen LogP contribution in [0, 0.1) is 0 Å². The number of guanidine groups is 1. The van der Waals surface area contributed by atoms with Gasteiger partial charge < -0.3 is 51.4 Å². The molecule has 2 aromatic rings. The number of carbonyl (C=O) groups excluding carboxylic acids is 2. The van der Waals surface area contributed by atoms with E-state index in [4.69, 9.17) is 25.7 Å². The van der Waals surface area contributed by atoms with Crippen LogP contribution in [0.3, 0.4) is 0 Å². The lowest BCUT2D eigenvalue weighted by Crippen LogP contribution is -2.48. The van der Waals surface area contributed by atoms with Crippen molar-refractivity contribution in [3.8, 4) is 5.75 Å². The number of aliphatic hydroxyl groups excluding tert-OH is 2. The van der Waals surface area contributed by atoms with E-state index >= 15 is 0 Å². The van der Waals surface area contributed by atoms with Gasteiger partial charge in [-0.15, -0.1) is 0 Å². The molecular weight excluding hydrogens is 516 g/mol. The van der Waals surface area contributed by atoms with Gasteiger partial charge in [0.1, 0.15) is 23.5 Å². The molecule has 0 saturated heterocycles. The van der Waals surface area contributed by atoms with Crippen molar-refractivity contribution < 1.29 is 49.0 Å². The molecule has 1 aliphatic rings. The molecule has 3 rings (SSSR count). The summed E-state index contributed by atoms with van der Waals surface area (Å²) in [6.45, 7) is -0.901. The maximum atomic E-state index is 12.4. The molecule has 0 bridgehead atoms. The smallest absolute Gasteiger partial charge is 0.407 e. The Bertz CT molecular complexity index is 1260. The number of phenolic OH excluding ortho intramolecular Hbond substituents is 1. The molecule has 14 nitrogen and oxygen atoms in total. The lowest BCUT2D eigenvalue weighted by molar-refractivity contribution is -0.143. The van der Waals surface area contributed by atoms with Crippen LogP contribution in [0.4, 0.5) is 4.79 Å². The number of amides is 1. The first-order chi connectivity index (χ1) is 18.6. The number of rotatable bonds is 11. The number of fused-ring (bicyclic) bond motifs is 1. The highest BCUT2D eigenvalue weighted by molar-refractivity contribution is 6.01. The van der Waals surface area contributed by atoms with Crippen molar-refractivity contribution in [2.75, 3.05) is 19.8 Å². The average molecular weight is 547 g/mol. The van der Waals surface area contributed by atoms with E-state index < -0.39 is 54.8 Å². The molecule has 1 aliphatic heterocycles. The van der Waals surface area contributed by atoms with E-state index in [-0.39, 0.29) is 43.3 Å². The number of aliphatic hydroxyl groups is 2. The van der Waals surface area contributed by atoms with Gasteiger partial charge in [0, 0.05) is 18.4 Å². The lowest BCUT2D eigenvalue weighted by atomic mass is 9.98. The van der Waals surface area contributed by atoms with Crippen molar-refractivity contribution in [1.82, 2.24) is 5.32 Å². The number of carbonyl (C=O) groups is 3. The quantitative estimate of drug-likeness (QED) is 0.0849. The van der Waals surface area contributed by atoms with E-state index in [1.54, 1.807) is 30.3 Å². The molecule has 210 valence electrons. The van der Waals surface area contributed by atoms with Gasteiger partial charge in [-0.2, -0.15) is 0 Å². The van der Waals surface area contributed by atoms with Crippen molar-refractivity contribution in [3.05, 3.63) is 53.8 Å². The minimum atomic E-state index is -1.61. The monoisotopic (exact) mass is 546 g/mol. The number of nitrogens with two attached hydrogens (primary N) is 2. The van der Waals surface area contributed by atoms with Crippen molar-refractivity contribution in [2.24, 2.45) is 16.5 Å². The van der Waals surface area contributed by atoms with Crippen LogP contribution in [0.2, 0.25) is 0 Å². The second kappa shape index (κ2) is 13.3. The summed E-state index contributed by atoms with van der Waals surface area (Å²) in [6.07, 6.45) is -3.98. The number of phenols is 1. The maximum absolute atomic E-state index is 12.4. The fourth-order valence-corrected chi connectivity index (χ4v) is 3.93. The zero-order valence-electron chi connectivity index (χ0n) is 20.7. The van der Waals surface area contributed by atoms with Gasteiger partial charge in [0.15, 0.2) is 12.1 Å². The number of hydrogen-bond donors (Lipinski definition) is 7. The predicted octanol–water partition coefficient (Wildman–Crippen LogP) is -0.0603. The first kappa shape index (κ1) is 29.0. The Hall–Kier alpha value is -4.56. The number of aromatic hydroxyl groups is 1. The van der Waals surface area contributed by atoms with E-state index in [1.165, 1.54) is 12.1 Å². The summed E-state index contributed by atoms with van der Waals surface area (Å²) in [5.41, 5.74) is 10.8. The fraction of sp³-hybridized carbons (Fsp3) is 0.360. The number of carboxylic acids is 1. The number of ether oxygens (including phenoxy) is 3. The van der Waals surface area contributed by atoms with Gasteiger partial charge in [0.25, 0.3) is 0 Å². The van der Waals surface area contributed by atoms with Crippen molar-refractivity contribution in [1.29, 1.82) is 0 Å². The first-order valence-corrected chi connectivity index (χ1v) is 11.9. The van der Waals surface area contributed by atoms with Crippen LogP contribution in [-0.2, 0) is 19.0 Å². The number of benzene rings is 2. The molecule has 39 heavy (non-hydrogen) atoms. The largest absolute Gasteiger partial charge is 0.506 e. The number of aliphatic imine (C=N–C) groups is 1.